The highest BCUT2D eigenvalue weighted by Gasteiger charge is 2.28. The number of piperidine rings is 1. The fourth-order valence-electron chi connectivity index (χ4n) is 3.73. The van der Waals surface area contributed by atoms with E-state index in [0.29, 0.717) is 29.2 Å². The molecule has 0 aromatic carbocycles. The van der Waals surface area contributed by atoms with E-state index in [1.54, 1.807) is 18.5 Å². The summed E-state index contributed by atoms with van der Waals surface area (Å²) < 4.78 is 7.36. The van der Waals surface area contributed by atoms with Crippen molar-refractivity contribution in [3.63, 3.8) is 0 Å². The standard InChI is InChI=1S/C21H27N5O2.2ClH/c1-14(2)26-19-16(12-24-26)15(11-17(25-19)18-5-4-10-28-18)20(27)23-13-21(3)6-8-22-9-7-21;;/h4-5,10-12,14,22H,6-9,13H2,1-3H3,(H,23,27);2*1H. The van der Waals surface area contributed by atoms with Gasteiger partial charge in [0.1, 0.15) is 5.69 Å². The van der Waals surface area contributed by atoms with E-state index in [4.69, 9.17) is 9.40 Å². The van der Waals surface area contributed by atoms with Gasteiger partial charge in [-0.1, -0.05) is 6.92 Å². The first-order valence-corrected chi connectivity index (χ1v) is 9.88. The number of carbonyl (C=O) groups excluding carboxylic acids is 1. The monoisotopic (exact) mass is 453 g/mol. The van der Waals surface area contributed by atoms with E-state index in [1.165, 1.54) is 0 Å². The molecular weight excluding hydrogens is 425 g/mol. The molecule has 0 saturated carbocycles. The lowest BCUT2D eigenvalue weighted by molar-refractivity contribution is 0.0924. The van der Waals surface area contributed by atoms with Crippen LogP contribution in [0.1, 0.15) is 50.0 Å². The zero-order valence-corrected chi connectivity index (χ0v) is 19.1. The number of hydrogen-bond donors (Lipinski definition) is 2. The molecule has 7 nitrogen and oxygen atoms in total. The predicted molar refractivity (Wildman–Crippen MR) is 123 cm³/mol. The summed E-state index contributed by atoms with van der Waals surface area (Å²) in [6.45, 7) is 8.98. The second-order valence-electron chi connectivity index (χ2n) is 8.20. The minimum atomic E-state index is -0.0942. The van der Waals surface area contributed by atoms with Crippen LogP contribution >= 0.6 is 24.8 Å². The van der Waals surface area contributed by atoms with Crippen molar-refractivity contribution in [2.75, 3.05) is 19.6 Å². The van der Waals surface area contributed by atoms with E-state index in [1.807, 2.05) is 30.7 Å². The van der Waals surface area contributed by atoms with Crippen molar-refractivity contribution >= 4 is 41.8 Å². The van der Waals surface area contributed by atoms with Crippen molar-refractivity contribution in [2.24, 2.45) is 5.41 Å². The smallest absolute Gasteiger partial charge is 0.252 e. The summed E-state index contributed by atoms with van der Waals surface area (Å²) in [5.41, 5.74) is 2.04. The highest BCUT2D eigenvalue weighted by molar-refractivity contribution is 6.06. The Hall–Kier alpha value is -2.09. The quantitative estimate of drug-likeness (QED) is 0.603. The Morgan fingerprint density at radius 3 is 2.70 bits per heavy atom. The third-order valence-electron chi connectivity index (χ3n) is 5.56. The molecule has 164 valence electrons. The molecule has 1 aliphatic rings. The fourth-order valence-corrected chi connectivity index (χ4v) is 3.73. The third kappa shape index (κ3) is 4.79. The molecule has 0 atom stereocenters. The molecule has 9 heteroatoms. The molecule has 2 N–H and O–H groups in total. The van der Waals surface area contributed by atoms with Gasteiger partial charge in [0.05, 0.1) is 23.4 Å². The maximum atomic E-state index is 13.1. The molecule has 0 bridgehead atoms. The van der Waals surface area contributed by atoms with Crippen LogP contribution in [-0.4, -0.2) is 40.3 Å². The van der Waals surface area contributed by atoms with Crippen LogP contribution in [-0.2, 0) is 0 Å². The Balaban J connectivity index is 0.00000160. The first kappa shape index (κ1) is 24.2. The van der Waals surface area contributed by atoms with E-state index < -0.39 is 0 Å². The Morgan fingerprint density at radius 1 is 1.33 bits per heavy atom. The van der Waals surface area contributed by atoms with E-state index in [9.17, 15) is 4.79 Å². The van der Waals surface area contributed by atoms with Gasteiger partial charge < -0.3 is 15.1 Å². The Labute approximate surface area is 188 Å². The summed E-state index contributed by atoms with van der Waals surface area (Å²) in [6, 6.07) is 5.61. The van der Waals surface area contributed by atoms with Gasteiger partial charge in [-0.25, -0.2) is 9.67 Å². The van der Waals surface area contributed by atoms with E-state index in [2.05, 4.69) is 22.7 Å². The topological polar surface area (TPSA) is 85.0 Å². The van der Waals surface area contributed by atoms with Crippen LogP contribution in [0, 0.1) is 5.41 Å². The Morgan fingerprint density at radius 2 is 2.07 bits per heavy atom. The molecule has 3 aromatic heterocycles. The van der Waals surface area contributed by atoms with Gasteiger partial charge in [-0.05, 0) is 63.4 Å². The zero-order chi connectivity index (χ0) is 19.7. The molecule has 3 aromatic rings. The molecular formula is C21H29Cl2N5O2. The minimum Gasteiger partial charge on any atom is -0.463 e. The van der Waals surface area contributed by atoms with Gasteiger partial charge in [-0.15, -0.1) is 24.8 Å². The van der Waals surface area contributed by atoms with Crippen molar-refractivity contribution < 1.29 is 9.21 Å². The van der Waals surface area contributed by atoms with Gasteiger partial charge in [-0.2, -0.15) is 5.10 Å². The van der Waals surface area contributed by atoms with Crippen LogP contribution in [0.4, 0.5) is 0 Å². The molecule has 0 spiro atoms. The van der Waals surface area contributed by atoms with Crippen molar-refractivity contribution in [3.05, 3.63) is 36.2 Å². The summed E-state index contributed by atoms with van der Waals surface area (Å²) in [5.74, 6) is 0.543. The van der Waals surface area contributed by atoms with E-state index in [0.717, 1.165) is 31.3 Å². The van der Waals surface area contributed by atoms with Crippen molar-refractivity contribution in [1.82, 2.24) is 25.4 Å². The molecule has 1 amide bonds. The van der Waals surface area contributed by atoms with Crippen LogP contribution < -0.4 is 10.6 Å². The van der Waals surface area contributed by atoms with E-state index in [-0.39, 0.29) is 42.2 Å². The lowest BCUT2D eigenvalue weighted by Gasteiger charge is -2.34. The molecule has 1 fully saturated rings. The first-order chi connectivity index (χ1) is 13.5. The van der Waals surface area contributed by atoms with Crippen LogP contribution in [0.2, 0.25) is 0 Å². The SMILES string of the molecule is CC(C)n1ncc2c(C(=O)NCC3(C)CCNCC3)cc(-c3ccco3)nc21.Cl.Cl. The highest BCUT2D eigenvalue weighted by Crippen LogP contribution is 2.29. The maximum Gasteiger partial charge on any atom is 0.252 e. The Bertz CT molecular complexity index is 979. The molecule has 0 unspecified atom stereocenters. The van der Waals surface area contributed by atoms with Crippen molar-refractivity contribution in [3.8, 4) is 11.5 Å². The number of carbonyl (C=O) groups is 1. The number of nitrogens with one attached hydrogen (secondary N) is 2. The summed E-state index contributed by atoms with van der Waals surface area (Å²) >= 11 is 0. The van der Waals surface area contributed by atoms with Gasteiger partial charge in [0.2, 0.25) is 0 Å². The summed E-state index contributed by atoms with van der Waals surface area (Å²) in [5, 5.41) is 11.7. The molecule has 1 saturated heterocycles. The third-order valence-corrected chi connectivity index (χ3v) is 5.56. The predicted octanol–water partition coefficient (Wildman–Crippen LogP) is 4.24. The van der Waals surface area contributed by atoms with Crippen LogP contribution in [0.3, 0.4) is 0 Å². The van der Waals surface area contributed by atoms with Crippen molar-refractivity contribution in [1.29, 1.82) is 0 Å². The lowest BCUT2D eigenvalue weighted by Crippen LogP contribution is -2.42. The zero-order valence-electron chi connectivity index (χ0n) is 17.5. The van der Waals surface area contributed by atoms with Gasteiger partial charge in [-0.3, -0.25) is 4.79 Å². The number of nitrogens with zero attached hydrogens (tertiary/aromatic N) is 3. The number of pyridine rings is 1. The molecule has 1 aliphatic heterocycles. The van der Waals surface area contributed by atoms with Gasteiger partial charge in [0, 0.05) is 12.6 Å². The molecule has 0 aliphatic carbocycles. The van der Waals surface area contributed by atoms with E-state index >= 15 is 0 Å². The highest BCUT2D eigenvalue weighted by atomic mass is 35.5. The average Bonchev–Trinajstić information content (AvgIpc) is 3.35. The first-order valence-electron chi connectivity index (χ1n) is 9.88. The number of amides is 1. The number of aromatic nitrogens is 3. The number of furan rings is 1. The number of hydrogen-bond acceptors (Lipinski definition) is 5. The molecule has 4 rings (SSSR count). The van der Waals surface area contributed by atoms with Crippen LogP contribution in [0.15, 0.2) is 35.1 Å². The van der Waals surface area contributed by atoms with Gasteiger partial charge in [0.25, 0.3) is 5.91 Å². The number of halogens is 2. The fraction of sp³-hybridized carbons (Fsp3) is 0.476. The second kappa shape index (κ2) is 9.81. The summed E-state index contributed by atoms with van der Waals surface area (Å²) in [7, 11) is 0. The molecule has 30 heavy (non-hydrogen) atoms. The second-order valence-corrected chi connectivity index (χ2v) is 8.20. The largest absolute Gasteiger partial charge is 0.463 e. The maximum absolute atomic E-state index is 13.1. The summed E-state index contributed by atoms with van der Waals surface area (Å²) in [4.78, 5) is 17.8. The Kier molecular flexibility index (Phi) is 7.91. The van der Waals surface area contributed by atoms with Crippen LogP contribution in [0.25, 0.3) is 22.5 Å². The van der Waals surface area contributed by atoms with Gasteiger partial charge >= 0.3 is 0 Å². The average molecular weight is 454 g/mol. The van der Waals surface area contributed by atoms with Gasteiger partial charge in [0.15, 0.2) is 11.4 Å². The lowest BCUT2D eigenvalue weighted by atomic mass is 9.81. The number of rotatable bonds is 5. The molecule has 4 heterocycles. The molecule has 0 radical (unpaired) electrons. The van der Waals surface area contributed by atoms with Crippen LogP contribution in [0.5, 0.6) is 0 Å². The van der Waals surface area contributed by atoms with Crippen molar-refractivity contribution in [2.45, 2.75) is 39.7 Å². The summed E-state index contributed by atoms with van der Waals surface area (Å²) in [6.07, 6.45) is 5.46. The minimum absolute atomic E-state index is 0. The normalized spacial score (nSPS) is 15.5. The number of fused-ring (bicyclic) bond motifs is 1.